The Morgan fingerprint density at radius 2 is 1.83 bits per heavy atom. The van der Waals surface area contributed by atoms with E-state index in [0.717, 1.165) is 5.69 Å². The summed E-state index contributed by atoms with van der Waals surface area (Å²) in [6.07, 6.45) is -1.41. The molecule has 0 spiro atoms. The second kappa shape index (κ2) is 6.62. The maximum atomic E-state index is 13.1. The van der Waals surface area contributed by atoms with E-state index in [-0.39, 0.29) is 11.0 Å². The van der Waals surface area contributed by atoms with Crippen molar-refractivity contribution in [3.63, 3.8) is 0 Å². The summed E-state index contributed by atoms with van der Waals surface area (Å²) in [5.74, 6) is 0.309. The van der Waals surface area contributed by atoms with Gasteiger partial charge in [-0.05, 0) is 35.0 Å². The summed E-state index contributed by atoms with van der Waals surface area (Å²) in [6.45, 7) is 1.53. The van der Waals surface area contributed by atoms with Gasteiger partial charge in [0.2, 0.25) is 0 Å². The van der Waals surface area contributed by atoms with E-state index in [9.17, 15) is 13.2 Å². The Labute approximate surface area is 175 Å². The maximum Gasteiger partial charge on any atom is 0.436 e. The van der Waals surface area contributed by atoms with Crippen molar-refractivity contribution in [2.75, 3.05) is 0 Å². The van der Waals surface area contributed by atoms with Gasteiger partial charge in [0, 0.05) is 0 Å². The molecule has 0 radical (unpaired) electrons. The van der Waals surface area contributed by atoms with Crippen molar-refractivity contribution in [3.05, 3.63) is 64.5 Å². The summed E-state index contributed by atoms with van der Waals surface area (Å²) in [5.41, 5.74) is 1.32. The Bertz CT molecular complexity index is 1380. The molecule has 0 saturated carbocycles. The molecular weight excluding hydrogens is 465 g/mol. The third kappa shape index (κ3) is 2.95. The molecule has 4 heterocycles. The van der Waals surface area contributed by atoms with Crippen LogP contribution in [0, 0.1) is 6.92 Å². The van der Waals surface area contributed by atoms with Crippen molar-refractivity contribution in [1.82, 2.24) is 39.1 Å². The van der Waals surface area contributed by atoms with Crippen LogP contribution in [0.15, 0.2) is 47.3 Å². The molecule has 30 heavy (non-hydrogen) atoms. The zero-order valence-corrected chi connectivity index (χ0v) is 16.9. The topological polar surface area (TPSA) is 78.7 Å². The molecule has 0 aliphatic rings. The van der Waals surface area contributed by atoms with Crippen LogP contribution in [0.5, 0.6) is 0 Å². The number of halogens is 4. The van der Waals surface area contributed by atoms with Gasteiger partial charge >= 0.3 is 6.18 Å². The first-order valence-corrected chi connectivity index (χ1v) is 9.56. The molecule has 12 heteroatoms. The molecule has 5 aromatic rings. The molecule has 8 nitrogen and oxygen atoms in total. The fraction of sp³-hybridized carbons (Fsp3) is 0.167. The minimum atomic E-state index is -4.55. The van der Waals surface area contributed by atoms with Gasteiger partial charge in [0.15, 0.2) is 22.8 Å². The van der Waals surface area contributed by atoms with Crippen molar-refractivity contribution >= 4 is 32.6 Å². The lowest BCUT2D eigenvalue weighted by Crippen LogP contribution is -2.10. The van der Waals surface area contributed by atoms with Crippen LogP contribution in [0.1, 0.15) is 17.2 Å². The number of hydrogen-bond donors (Lipinski definition) is 0. The highest BCUT2D eigenvalue weighted by Crippen LogP contribution is 2.35. The van der Waals surface area contributed by atoms with E-state index in [0.29, 0.717) is 28.2 Å². The highest BCUT2D eigenvalue weighted by Gasteiger charge is 2.38. The molecule has 152 valence electrons. The van der Waals surface area contributed by atoms with Crippen LogP contribution in [-0.4, -0.2) is 39.1 Å². The van der Waals surface area contributed by atoms with Gasteiger partial charge in [-0.3, -0.25) is 4.68 Å². The van der Waals surface area contributed by atoms with Crippen LogP contribution in [0.4, 0.5) is 13.2 Å². The molecule has 0 atom stereocenters. The predicted octanol–water partition coefficient (Wildman–Crippen LogP) is 3.80. The minimum Gasteiger partial charge on any atom is -0.260 e. The van der Waals surface area contributed by atoms with Crippen LogP contribution in [-0.2, 0) is 12.7 Å². The Balaban J connectivity index is 1.56. The number of hydrogen-bond acceptors (Lipinski definition) is 5. The first-order chi connectivity index (χ1) is 14.3. The fourth-order valence-corrected chi connectivity index (χ4v) is 3.69. The number of alkyl halides is 3. The zero-order chi connectivity index (χ0) is 21.0. The molecule has 0 N–H and O–H groups in total. The van der Waals surface area contributed by atoms with Gasteiger partial charge in [0.25, 0.3) is 0 Å². The smallest absolute Gasteiger partial charge is 0.260 e. The second-order valence-corrected chi connectivity index (χ2v) is 7.37. The SMILES string of the molecule is Cc1c(Br)c(C(F)(F)F)nn1Cc1nc2c3cnn(-c4ccccc4)c3ncn2n1. The number of nitrogens with zero attached hydrogens (tertiary/aromatic N) is 8. The Morgan fingerprint density at radius 3 is 2.53 bits per heavy atom. The van der Waals surface area contributed by atoms with Gasteiger partial charge in [-0.25, -0.2) is 19.2 Å². The third-order valence-electron chi connectivity index (χ3n) is 4.64. The Kier molecular flexibility index (Phi) is 4.13. The molecule has 5 rings (SSSR count). The van der Waals surface area contributed by atoms with Crippen molar-refractivity contribution in [2.45, 2.75) is 19.6 Å². The average molecular weight is 477 g/mol. The molecule has 0 bridgehead atoms. The van der Waals surface area contributed by atoms with E-state index in [1.807, 2.05) is 30.3 Å². The van der Waals surface area contributed by atoms with E-state index in [1.165, 1.54) is 15.5 Å². The molecule has 0 amide bonds. The van der Waals surface area contributed by atoms with Crippen LogP contribution in [0.25, 0.3) is 22.4 Å². The average Bonchev–Trinajstić information content (AvgIpc) is 3.39. The number of aromatic nitrogens is 8. The summed E-state index contributed by atoms with van der Waals surface area (Å²) in [4.78, 5) is 8.90. The van der Waals surface area contributed by atoms with Gasteiger partial charge in [-0.15, -0.1) is 5.10 Å². The number of benzene rings is 1. The fourth-order valence-electron chi connectivity index (χ4n) is 3.18. The number of rotatable bonds is 3. The molecule has 0 aliphatic heterocycles. The number of fused-ring (bicyclic) bond motifs is 3. The van der Waals surface area contributed by atoms with Crippen molar-refractivity contribution in [1.29, 1.82) is 0 Å². The normalized spacial score (nSPS) is 12.3. The summed E-state index contributed by atoms with van der Waals surface area (Å²) in [6, 6.07) is 9.52. The van der Waals surface area contributed by atoms with Crippen LogP contribution in [0.3, 0.4) is 0 Å². The summed E-state index contributed by atoms with van der Waals surface area (Å²) >= 11 is 2.97. The lowest BCUT2D eigenvalue weighted by atomic mass is 10.3. The molecule has 1 aromatic carbocycles. The standard InChI is InChI=1S/C18H12BrF3N8/c1-10-14(19)15(18(20,21)22)27-28(10)8-13-25-17-12-7-24-30(11-5-3-2-4-6-11)16(12)23-9-29(17)26-13/h2-7,9H,8H2,1H3. The van der Waals surface area contributed by atoms with Crippen molar-refractivity contribution < 1.29 is 13.2 Å². The predicted molar refractivity (Wildman–Crippen MR) is 104 cm³/mol. The molecule has 4 aromatic heterocycles. The molecular formula is C18H12BrF3N8. The summed E-state index contributed by atoms with van der Waals surface area (Å²) < 4.78 is 43.6. The summed E-state index contributed by atoms with van der Waals surface area (Å²) in [7, 11) is 0. The Morgan fingerprint density at radius 1 is 1.07 bits per heavy atom. The van der Waals surface area contributed by atoms with Gasteiger partial charge < -0.3 is 0 Å². The van der Waals surface area contributed by atoms with Gasteiger partial charge in [-0.2, -0.15) is 23.4 Å². The highest BCUT2D eigenvalue weighted by molar-refractivity contribution is 9.10. The lowest BCUT2D eigenvalue weighted by molar-refractivity contribution is -0.142. The molecule has 0 fully saturated rings. The van der Waals surface area contributed by atoms with E-state index in [1.54, 1.807) is 17.8 Å². The van der Waals surface area contributed by atoms with Crippen LogP contribution in [0.2, 0.25) is 0 Å². The zero-order valence-electron chi connectivity index (χ0n) is 15.3. The van der Waals surface area contributed by atoms with E-state index >= 15 is 0 Å². The van der Waals surface area contributed by atoms with Gasteiger partial charge in [0.05, 0.1) is 27.4 Å². The lowest BCUT2D eigenvalue weighted by Gasteiger charge is -2.01. The van der Waals surface area contributed by atoms with E-state index < -0.39 is 11.9 Å². The third-order valence-corrected chi connectivity index (χ3v) is 5.59. The van der Waals surface area contributed by atoms with Crippen LogP contribution >= 0.6 is 15.9 Å². The van der Waals surface area contributed by atoms with E-state index in [2.05, 4.69) is 41.2 Å². The maximum absolute atomic E-state index is 13.1. The largest absolute Gasteiger partial charge is 0.436 e. The quantitative estimate of drug-likeness (QED) is 0.395. The Hall–Kier alpha value is -3.28. The van der Waals surface area contributed by atoms with Gasteiger partial charge in [-0.1, -0.05) is 18.2 Å². The molecule has 0 aliphatic carbocycles. The van der Waals surface area contributed by atoms with Gasteiger partial charge in [0.1, 0.15) is 12.9 Å². The molecule has 0 unspecified atom stereocenters. The van der Waals surface area contributed by atoms with E-state index in [4.69, 9.17) is 0 Å². The van der Waals surface area contributed by atoms with Crippen molar-refractivity contribution in [3.8, 4) is 5.69 Å². The summed E-state index contributed by atoms with van der Waals surface area (Å²) in [5, 5.41) is 13.1. The minimum absolute atomic E-state index is 0.0174. The first-order valence-electron chi connectivity index (χ1n) is 8.76. The number of para-hydroxylation sites is 1. The molecule has 0 saturated heterocycles. The van der Waals surface area contributed by atoms with Crippen molar-refractivity contribution in [2.24, 2.45) is 0 Å². The monoisotopic (exact) mass is 476 g/mol. The highest BCUT2D eigenvalue weighted by atomic mass is 79.9. The van der Waals surface area contributed by atoms with Crippen LogP contribution < -0.4 is 0 Å². The second-order valence-electron chi connectivity index (χ2n) is 6.57. The first kappa shape index (κ1) is 18.7.